The van der Waals surface area contributed by atoms with Gasteiger partial charge in [-0.1, -0.05) is 12.1 Å². The van der Waals surface area contributed by atoms with Gasteiger partial charge in [-0.3, -0.25) is 4.79 Å². The molecule has 0 unspecified atom stereocenters. The van der Waals surface area contributed by atoms with Crippen LogP contribution in [0.2, 0.25) is 0 Å². The Balaban J connectivity index is 2.31. The highest BCUT2D eigenvalue weighted by molar-refractivity contribution is 7.99. The summed E-state index contributed by atoms with van der Waals surface area (Å²) < 4.78 is 0. The Morgan fingerprint density at radius 1 is 1.16 bits per heavy atom. The zero-order valence-corrected chi connectivity index (χ0v) is 12.8. The monoisotopic (exact) mass is 275 g/mol. The number of nitrogens with zero attached hydrogens (tertiary/aromatic N) is 1. The molecule has 1 aliphatic heterocycles. The third-order valence-electron chi connectivity index (χ3n) is 3.30. The SMILES string of the molecule is CC(C)N(C=C1CSc2ccccc2C1=O)C(C)C. The molecule has 0 amide bonds. The molecule has 102 valence electrons. The average molecular weight is 275 g/mol. The van der Waals surface area contributed by atoms with E-state index in [9.17, 15) is 4.79 Å². The van der Waals surface area contributed by atoms with Gasteiger partial charge in [0.15, 0.2) is 5.78 Å². The number of ketones is 1. The first kappa shape index (κ1) is 14.2. The summed E-state index contributed by atoms with van der Waals surface area (Å²) in [5.41, 5.74) is 1.75. The van der Waals surface area contributed by atoms with E-state index in [1.807, 2.05) is 24.3 Å². The molecule has 1 heterocycles. The quantitative estimate of drug-likeness (QED) is 0.778. The van der Waals surface area contributed by atoms with Gasteiger partial charge in [0, 0.05) is 40.1 Å². The van der Waals surface area contributed by atoms with Crippen LogP contribution in [-0.4, -0.2) is 28.5 Å². The lowest BCUT2D eigenvalue weighted by molar-refractivity contribution is 0.102. The second-order valence-corrected chi connectivity index (χ2v) is 6.42. The van der Waals surface area contributed by atoms with Crippen molar-refractivity contribution in [3.8, 4) is 0 Å². The number of carbonyl (C=O) groups excluding carboxylic acids is 1. The molecule has 0 bridgehead atoms. The lowest BCUT2D eigenvalue weighted by atomic mass is 10.0. The van der Waals surface area contributed by atoms with E-state index in [4.69, 9.17) is 0 Å². The molecule has 0 aromatic heterocycles. The summed E-state index contributed by atoms with van der Waals surface area (Å²) in [6.07, 6.45) is 2.06. The highest BCUT2D eigenvalue weighted by Gasteiger charge is 2.23. The van der Waals surface area contributed by atoms with Crippen molar-refractivity contribution in [3.05, 3.63) is 41.6 Å². The van der Waals surface area contributed by atoms with E-state index >= 15 is 0 Å². The molecule has 1 aromatic rings. The maximum atomic E-state index is 12.5. The molecule has 3 heteroatoms. The normalized spacial score (nSPS) is 17.2. The van der Waals surface area contributed by atoms with Gasteiger partial charge in [-0.15, -0.1) is 11.8 Å². The summed E-state index contributed by atoms with van der Waals surface area (Å²) in [7, 11) is 0. The van der Waals surface area contributed by atoms with E-state index in [1.165, 1.54) is 0 Å². The van der Waals surface area contributed by atoms with Crippen LogP contribution in [0.25, 0.3) is 0 Å². The van der Waals surface area contributed by atoms with Crippen LogP contribution < -0.4 is 0 Å². The van der Waals surface area contributed by atoms with Gasteiger partial charge in [-0.05, 0) is 39.8 Å². The van der Waals surface area contributed by atoms with Crippen molar-refractivity contribution in [2.45, 2.75) is 44.7 Å². The fourth-order valence-electron chi connectivity index (χ4n) is 2.34. The minimum absolute atomic E-state index is 0.181. The molecular formula is C16H21NOS. The smallest absolute Gasteiger partial charge is 0.192 e. The van der Waals surface area contributed by atoms with Gasteiger partial charge in [-0.25, -0.2) is 0 Å². The topological polar surface area (TPSA) is 20.3 Å². The molecule has 0 N–H and O–H groups in total. The Labute approximate surface area is 119 Å². The highest BCUT2D eigenvalue weighted by atomic mass is 32.2. The number of hydrogen-bond acceptors (Lipinski definition) is 3. The minimum Gasteiger partial charge on any atom is -0.372 e. The lowest BCUT2D eigenvalue weighted by Crippen LogP contribution is -2.33. The molecule has 2 nitrogen and oxygen atoms in total. The van der Waals surface area contributed by atoms with E-state index in [1.54, 1.807) is 11.8 Å². The second-order valence-electron chi connectivity index (χ2n) is 5.40. The number of benzene rings is 1. The highest BCUT2D eigenvalue weighted by Crippen LogP contribution is 2.32. The summed E-state index contributed by atoms with van der Waals surface area (Å²) in [5, 5.41) is 0. The van der Waals surface area contributed by atoms with E-state index in [0.29, 0.717) is 12.1 Å². The first-order valence-electron chi connectivity index (χ1n) is 6.75. The van der Waals surface area contributed by atoms with Crippen LogP contribution >= 0.6 is 11.8 Å². The largest absolute Gasteiger partial charge is 0.372 e. The van der Waals surface area contributed by atoms with Crippen molar-refractivity contribution in [2.24, 2.45) is 0 Å². The summed E-state index contributed by atoms with van der Waals surface area (Å²) in [4.78, 5) is 15.8. The maximum Gasteiger partial charge on any atom is 0.192 e. The first-order chi connectivity index (χ1) is 9.00. The third-order valence-corrected chi connectivity index (χ3v) is 4.43. The molecule has 0 saturated carbocycles. The molecule has 0 radical (unpaired) electrons. The Bertz CT molecular complexity index is 497. The Morgan fingerprint density at radius 3 is 2.42 bits per heavy atom. The predicted octanol–water partition coefficient (Wildman–Crippen LogP) is 3.98. The standard InChI is InChI=1S/C16H21NOS/c1-11(2)17(12(3)4)9-13-10-19-15-8-6-5-7-14(15)16(13)18/h5-9,11-12H,10H2,1-4H3. The molecule has 0 atom stereocenters. The van der Waals surface area contributed by atoms with Crippen molar-refractivity contribution in [1.29, 1.82) is 0 Å². The van der Waals surface area contributed by atoms with E-state index in [2.05, 4.69) is 38.8 Å². The lowest BCUT2D eigenvalue weighted by Gasteiger charge is -2.31. The summed E-state index contributed by atoms with van der Waals surface area (Å²) in [6, 6.07) is 8.68. The summed E-state index contributed by atoms with van der Waals surface area (Å²) in [5.74, 6) is 0.951. The van der Waals surface area contributed by atoms with Crippen LogP contribution in [0.3, 0.4) is 0 Å². The van der Waals surface area contributed by atoms with Crippen LogP contribution in [0.15, 0.2) is 40.9 Å². The van der Waals surface area contributed by atoms with Gasteiger partial charge in [0.2, 0.25) is 0 Å². The molecule has 1 aliphatic rings. The molecule has 2 rings (SSSR count). The van der Waals surface area contributed by atoms with Gasteiger partial charge in [-0.2, -0.15) is 0 Å². The summed E-state index contributed by atoms with van der Waals surface area (Å²) >= 11 is 1.75. The Hall–Kier alpha value is -1.22. The number of hydrogen-bond donors (Lipinski definition) is 0. The van der Waals surface area contributed by atoms with Crippen molar-refractivity contribution in [1.82, 2.24) is 4.90 Å². The second kappa shape index (κ2) is 5.83. The van der Waals surface area contributed by atoms with Gasteiger partial charge in [0.25, 0.3) is 0 Å². The van der Waals surface area contributed by atoms with Crippen molar-refractivity contribution < 1.29 is 4.79 Å². The molecular weight excluding hydrogens is 254 g/mol. The van der Waals surface area contributed by atoms with Crippen LogP contribution in [-0.2, 0) is 0 Å². The van der Waals surface area contributed by atoms with Gasteiger partial charge >= 0.3 is 0 Å². The Morgan fingerprint density at radius 2 is 1.79 bits per heavy atom. The van der Waals surface area contributed by atoms with Crippen LogP contribution in [0.5, 0.6) is 0 Å². The van der Waals surface area contributed by atoms with Crippen LogP contribution in [0, 0.1) is 0 Å². The van der Waals surface area contributed by atoms with E-state index in [-0.39, 0.29) is 5.78 Å². The van der Waals surface area contributed by atoms with Crippen LogP contribution in [0.1, 0.15) is 38.1 Å². The third kappa shape index (κ3) is 3.03. The molecule has 0 aliphatic carbocycles. The fraction of sp³-hybridized carbons (Fsp3) is 0.438. The number of rotatable bonds is 3. The van der Waals surface area contributed by atoms with E-state index in [0.717, 1.165) is 21.8 Å². The molecule has 0 fully saturated rings. The Kier molecular flexibility index (Phi) is 4.35. The van der Waals surface area contributed by atoms with E-state index < -0.39 is 0 Å². The van der Waals surface area contributed by atoms with Crippen molar-refractivity contribution in [3.63, 3.8) is 0 Å². The zero-order chi connectivity index (χ0) is 14.0. The van der Waals surface area contributed by atoms with Crippen LogP contribution in [0.4, 0.5) is 0 Å². The summed E-state index contributed by atoms with van der Waals surface area (Å²) in [6.45, 7) is 8.63. The van der Waals surface area contributed by atoms with Gasteiger partial charge in [0.1, 0.15) is 0 Å². The molecule has 19 heavy (non-hydrogen) atoms. The number of thioether (sulfide) groups is 1. The number of fused-ring (bicyclic) bond motifs is 1. The molecule has 0 saturated heterocycles. The number of Topliss-reactive ketones (excluding diaryl/α,β-unsaturated/α-hetero) is 1. The predicted molar refractivity (Wildman–Crippen MR) is 81.7 cm³/mol. The first-order valence-corrected chi connectivity index (χ1v) is 7.74. The van der Waals surface area contributed by atoms with Crippen molar-refractivity contribution in [2.75, 3.05) is 5.75 Å². The molecule has 1 aromatic carbocycles. The zero-order valence-electron chi connectivity index (χ0n) is 12.0. The minimum atomic E-state index is 0.181. The van der Waals surface area contributed by atoms with Crippen molar-refractivity contribution >= 4 is 17.5 Å². The fourth-order valence-corrected chi connectivity index (χ4v) is 3.35. The molecule has 0 spiro atoms. The maximum absolute atomic E-state index is 12.5. The number of carbonyl (C=O) groups is 1. The van der Waals surface area contributed by atoms with Gasteiger partial charge < -0.3 is 4.90 Å². The van der Waals surface area contributed by atoms with Gasteiger partial charge in [0.05, 0.1) is 0 Å². The average Bonchev–Trinajstić information content (AvgIpc) is 2.37.